The summed E-state index contributed by atoms with van der Waals surface area (Å²) in [6.07, 6.45) is 0.833. The highest BCUT2D eigenvalue weighted by Gasteiger charge is 2.08. The maximum Gasteiger partial charge on any atom is 0.161 e. The number of carbonyl (C=O) groups is 1. The first-order valence-corrected chi connectivity index (χ1v) is 7.03. The van der Waals surface area contributed by atoms with Crippen LogP contribution in [0.3, 0.4) is 0 Å². The van der Waals surface area contributed by atoms with Crippen LogP contribution in [0.5, 0.6) is 11.5 Å². The minimum Gasteiger partial charge on any atom is -0.457 e. The van der Waals surface area contributed by atoms with Crippen molar-refractivity contribution in [3.63, 3.8) is 0 Å². The Morgan fingerprint density at radius 3 is 2.30 bits per heavy atom. The van der Waals surface area contributed by atoms with E-state index >= 15 is 0 Å². The number of carbonyl (C=O) groups excluding carboxylic acids is 1. The van der Waals surface area contributed by atoms with Crippen molar-refractivity contribution in [3.05, 3.63) is 57.6 Å². The predicted octanol–water partition coefficient (Wildman–Crippen LogP) is 5.55. The van der Waals surface area contributed by atoms with E-state index in [1.807, 2.05) is 13.0 Å². The highest BCUT2D eigenvalue weighted by molar-refractivity contribution is 6.34. The zero-order valence-electron chi connectivity index (χ0n) is 11.2. The molecule has 0 aromatic heterocycles. The van der Waals surface area contributed by atoms with Crippen molar-refractivity contribution in [2.24, 2.45) is 0 Å². The number of halogens is 2. The van der Waals surface area contributed by atoms with Crippen molar-refractivity contribution in [3.8, 4) is 11.5 Å². The summed E-state index contributed by atoms with van der Waals surface area (Å²) >= 11 is 12.1. The highest BCUT2D eigenvalue weighted by Crippen LogP contribution is 2.29. The third kappa shape index (κ3) is 3.33. The summed E-state index contributed by atoms with van der Waals surface area (Å²) in [5.41, 5.74) is 1.51. The molecule has 2 rings (SSSR count). The largest absolute Gasteiger partial charge is 0.457 e. The first-order valence-electron chi connectivity index (χ1n) is 6.28. The van der Waals surface area contributed by atoms with Crippen molar-refractivity contribution in [2.45, 2.75) is 20.3 Å². The van der Waals surface area contributed by atoms with E-state index < -0.39 is 0 Å². The Labute approximate surface area is 128 Å². The number of hydrogen-bond donors (Lipinski definition) is 0. The molecule has 0 saturated heterocycles. The van der Waals surface area contributed by atoms with E-state index in [2.05, 4.69) is 0 Å². The van der Waals surface area contributed by atoms with Crippen LogP contribution in [0.4, 0.5) is 0 Å². The molecule has 0 heterocycles. The van der Waals surface area contributed by atoms with Gasteiger partial charge in [0.1, 0.15) is 11.5 Å². The molecule has 0 atom stereocenters. The summed E-state index contributed by atoms with van der Waals surface area (Å²) in [4.78, 5) is 11.3. The summed E-state index contributed by atoms with van der Waals surface area (Å²) in [7, 11) is 0. The molecule has 4 heteroatoms. The third-order valence-corrected chi connectivity index (χ3v) is 3.64. The molecule has 0 unspecified atom stereocenters. The van der Waals surface area contributed by atoms with Gasteiger partial charge in [-0.3, -0.25) is 4.79 Å². The van der Waals surface area contributed by atoms with E-state index in [4.69, 9.17) is 27.9 Å². The van der Waals surface area contributed by atoms with Crippen LogP contribution in [0.15, 0.2) is 36.4 Å². The summed E-state index contributed by atoms with van der Waals surface area (Å²) < 4.78 is 5.74. The molecule has 0 spiro atoms. The lowest BCUT2D eigenvalue weighted by atomic mass is 10.1. The highest BCUT2D eigenvalue weighted by atomic mass is 35.5. The molecule has 0 N–H and O–H groups in total. The van der Waals surface area contributed by atoms with Crippen LogP contribution in [-0.4, -0.2) is 5.78 Å². The van der Waals surface area contributed by atoms with Gasteiger partial charge in [0.15, 0.2) is 5.78 Å². The standard InChI is InChI=1S/C16H14Cl2O2/c1-3-11-8-12(5-7-15(11)17)20-13-4-6-14(10(2)19)16(18)9-13/h4-9H,3H2,1-2H3. The Morgan fingerprint density at radius 2 is 1.70 bits per heavy atom. The van der Waals surface area contributed by atoms with Crippen molar-refractivity contribution >= 4 is 29.0 Å². The lowest BCUT2D eigenvalue weighted by molar-refractivity contribution is 0.101. The van der Waals surface area contributed by atoms with Gasteiger partial charge in [0.2, 0.25) is 0 Å². The molecule has 0 saturated carbocycles. The van der Waals surface area contributed by atoms with Gasteiger partial charge < -0.3 is 4.74 Å². The summed E-state index contributed by atoms with van der Waals surface area (Å²) in [5, 5.41) is 1.12. The zero-order chi connectivity index (χ0) is 14.7. The minimum atomic E-state index is -0.0682. The van der Waals surface area contributed by atoms with Gasteiger partial charge in [-0.2, -0.15) is 0 Å². The van der Waals surface area contributed by atoms with Crippen molar-refractivity contribution < 1.29 is 9.53 Å². The van der Waals surface area contributed by atoms with Crippen LogP contribution in [0.1, 0.15) is 29.8 Å². The Balaban J connectivity index is 2.26. The van der Waals surface area contributed by atoms with Gasteiger partial charge >= 0.3 is 0 Å². The van der Waals surface area contributed by atoms with Crippen LogP contribution < -0.4 is 4.74 Å². The average molecular weight is 309 g/mol. The average Bonchev–Trinajstić information content (AvgIpc) is 2.40. The van der Waals surface area contributed by atoms with Crippen LogP contribution in [0.25, 0.3) is 0 Å². The number of ether oxygens (including phenoxy) is 1. The van der Waals surface area contributed by atoms with Crippen LogP contribution >= 0.6 is 23.2 Å². The van der Waals surface area contributed by atoms with Crippen LogP contribution in [0, 0.1) is 0 Å². The molecule has 2 nitrogen and oxygen atoms in total. The maximum absolute atomic E-state index is 11.3. The molecule has 20 heavy (non-hydrogen) atoms. The fourth-order valence-corrected chi connectivity index (χ4v) is 2.42. The molecule has 0 aliphatic rings. The number of Topliss-reactive ketones (excluding diaryl/α,β-unsaturated/α-hetero) is 1. The van der Waals surface area contributed by atoms with Gasteiger partial charge in [-0.05, 0) is 49.2 Å². The van der Waals surface area contributed by atoms with Crippen molar-refractivity contribution in [2.75, 3.05) is 0 Å². The van der Waals surface area contributed by atoms with E-state index in [0.29, 0.717) is 22.1 Å². The Bertz CT molecular complexity index is 651. The van der Waals surface area contributed by atoms with Crippen molar-refractivity contribution in [1.29, 1.82) is 0 Å². The second-order valence-electron chi connectivity index (χ2n) is 4.41. The minimum absolute atomic E-state index is 0.0682. The molecular weight excluding hydrogens is 295 g/mol. The van der Waals surface area contributed by atoms with E-state index in [9.17, 15) is 4.79 Å². The third-order valence-electron chi connectivity index (χ3n) is 2.95. The number of benzene rings is 2. The monoisotopic (exact) mass is 308 g/mol. The second kappa shape index (κ2) is 6.29. The molecule has 2 aromatic rings. The molecule has 0 fully saturated rings. The molecule has 104 valence electrons. The van der Waals surface area contributed by atoms with Gasteiger partial charge in [-0.1, -0.05) is 30.1 Å². The zero-order valence-corrected chi connectivity index (χ0v) is 12.8. The molecular formula is C16H14Cl2O2. The lowest BCUT2D eigenvalue weighted by Crippen LogP contribution is -1.94. The Morgan fingerprint density at radius 1 is 1.05 bits per heavy atom. The van der Waals surface area contributed by atoms with Gasteiger partial charge in [0.25, 0.3) is 0 Å². The predicted molar refractivity (Wildman–Crippen MR) is 82.4 cm³/mol. The molecule has 2 aromatic carbocycles. The first-order chi connectivity index (χ1) is 9.51. The van der Waals surface area contributed by atoms with Gasteiger partial charge in [0, 0.05) is 16.7 Å². The van der Waals surface area contributed by atoms with E-state index in [1.54, 1.807) is 30.3 Å². The quantitative estimate of drug-likeness (QED) is 0.692. The number of rotatable bonds is 4. The number of aryl methyl sites for hydroxylation is 1. The van der Waals surface area contributed by atoms with E-state index in [0.717, 1.165) is 17.0 Å². The Kier molecular flexibility index (Phi) is 4.69. The smallest absolute Gasteiger partial charge is 0.161 e. The molecule has 0 radical (unpaired) electrons. The Hall–Kier alpha value is -1.51. The fraction of sp³-hybridized carbons (Fsp3) is 0.188. The summed E-state index contributed by atoms with van der Waals surface area (Å²) in [6.45, 7) is 3.51. The molecule has 0 bridgehead atoms. The number of ketones is 1. The molecule has 0 amide bonds. The van der Waals surface area contributed by atoms with Gasteiger partial charge in [0.05, 0.1) is 5.02 Å². The van der Waals surface area contributed by atoms with Crippen molar-refractivity contribution in [1.82, 2.24) is 0 Å². The maximum atomic E-state index is 11.3. The summed E-state index contributed by atoms with van der Waals surface area (Å²) in [5.74, 6) is 1.21. The molecule has 0 aliphatic heterocycles. The van der Waals surface area contributed by atoms with Gasteiger partial charge in [-0.15, -0.1) is 0 Å². The van der Waals surface area contributed by atoms with E-state index in [1.165, 1.54) is 6.92 Å². The topological polar surface area (TPSA) is 26.3 Å². The van der Waals surface area contributed by atoms with Crippen LogP contribution in [0.2, 0.25) is 10.0 Å². The van der Waals surface area contributed by atoms with Gasteiger partial charge in [-0.25, -0.2) is 0 Å². The van der Waals surface area contributed by atoms with E-state index in [-0.39, 0.29) is 5.78 Å². The van der Waals surface area contributed by atoms with Crippen LogP contribution in [-0.2, 0) is 6.42 Å². The fourth-order valence-electron chi connectivity index (χ4n) is 1.87. The second-order valence-corrected chi connectivity index (χ2v) is 5.22. The number of hydrogen-bond acceptors (Lipinski definition) is 2. The molecule has 0 aliphatic carbocycles. The first kappa shape index (κ1) is 14.9. The summed E-state index contributed by atoms with van der Waals surface area (Å²) in [6, 6.07) is 10.5. The SMILES string of the molecule is CCc1cc(Oc2ccc(C(C)=O)c(Cl)c2)ccc1Cl. The normalized spacial score (nSPS) is 10.4. The lowest BCUT2D eigenvalue weighted by Gasteiger charge is -2.09.